The van der Waals surface area contributed by atoms with Gasteiger partial charge in [-0.25, -0.2) is 0 Å². The Morgan fingerprint density at radius 2 is 0.750 bits per heavy atom. The fourth-order valence-corrected chi connectivity index (χ4v) is 6.22. The van der Waals surface area contributed by atoms with Crippen molar-refractivity contribution in [2.75, 3.05) is 13.2 Å². The third kappa shape index (κ3) is 29.6. The molecule has 0 aromatic heterocycles. The highest BCUT2D eigenvalue weighted by molar-refractivity contribution is 7.87. The first-order valence-corrected chi connectivity index (χ1v) is 20.1. The van der Waals surface area contributed by atoms with Crippen LogP contribution in [0, 0.1) is 0 Å². The van der Waals surface area contributed by atoms with Gasteiger partial charge < -0.3 is 9.47 Å². The second kappa shape index (κ2) is 31.8. The van der Waals surface area contributed by atoms with Crippen LogP contribution in [0.15, 0.2) is 0 Å². The highest BCUT2D eigenvalue weighted by Crippen LogP contribution is 2.15. The summed E-state index contributed by atoms with van der Waals surface area (Å²) in [5.41, 5.74) is 0. The molecule has 0 aliphatic heterocycles. The lowest BCUT2D eigenvalue weighted by molar-refractivity contribution is -0.150. The maximum atomic E-state index is 12.3. The third-order valence-corrected chi connectivity index (χ3v) is 9.56. The van der Waals surface area contributed by atoms with Crippen LogP contribution in [0.1, 0.15) is 200 Å². The van der Waals surface area contributed by atoms with Crippen LogP contribution >= 0.6 is 0 Å². The van der Waals surface area contributed by atoms with Gasteiger partial charge in [-0.3, -0.25) is 14.1 Å². The van der Waals surface area contributed by atoms with Crippen LogP contribution in [0.4, 0.5) is 0 Å². The Labute approximate surface area is 272 Å². The lowest BCUT2D eigenvalue weighted by Crippen LogP contribution is -2.34. The van der Waals surface area contributed by atoms with E-state index in [9.17, 15) is 22.6 Å². The summed E-state index contributed by atoms with van der Waals surface area (Å²) in [6.07, 6.45) is 33.3. The molecule has 262 valence electrons. The van der Waals surface area contributed by atoms with E-state index >= 15 is 0 Å². The van der Waals surface area contributed by atoms with Gasteiger partial charge in [-0.2, -0.15) is 8.42 Å². The van der Waals surface area contributed by atoms with Crippen LogP contribution in [-0.2, 0) is 29.2 Å². The summed E-state index contributed by atoms with van der Waals surface area (Å²) in [7, 11) is -4.77. The van der Waals surface area contributed by atoms with Gasteiger partial charge in [0.2, 0.25) is 0 Å². The molecular weight excluding hydrogens is 576 g/mol. The number of carbonyl (C=O) groups is 2. The minimum absolute atomic E-state index is 0.0803. The lowest BCUT2D eigenvalue weighted by atomic mass is 10.0. The second-order valence-corrected chi connectivity index (χ2v) is 14.4. The zero-order chi connectivity index (χ0) is 32.6. The Hall–Kier alpha value is -1.15. The van der Waals surface area contributed by atoms with E-state index in [1.54, 1.807) is 0 Å². The number of rotatable bonds is 34. The summed E-state index contributed by atoms with van der Waals surface area (Å²) < 4.78 is 43.2. The standard InChI is InChI=1S/C36H70O7S/c1-3-5-7-9-11-13-15-17-19-21-23-25-27-29-31-42-35(37)33-34(44(39,40)41)36(38)43-32-30-28-26-24-22-20-18-16-14-12-10-8-6-4-2/h34H,3-33H2,1-2H3,(H,39,40,41). The lowest BCUT2D eigenvalue weighted by Gasteiger charge is -2.13. The Morgan fingerprint density at radius 1 is 0.477 bits per heavy atom. The maximum absolute atomic E-state index is 12.3. The molecule has 0 aliphatic rings. The number of carbonyl (C=O) groups excluding carboxylic acids is 2. The van der Waals surface area contributed by atoms with E-state index < -0.39 is 33.7 Å². The topological polar surface area (TPSA) is 107 Å². The second-order valence-electron chi connectivity index (χ2n) is 12.8. The Kier molecular flexibility index (Phi) is 31.0. The van der Waals surface area contributed by atoms with Gasteiger partial charge in [0.05, 0.1) is 19.6 Å². The molecule has 1 unspecified atom stereocenters. The molecule has 44 heavy (non-hydrogen) atoms. The average molecular weight is 647 g/mol. The van der Waals surface area contributed by atoms with Crippen LogP contribution < -0.4 is 0 Å². The Morgan fingerprint density at radius 3 is 1.05 bits per heavy atom. The average Bonchev–Trinajstić information content (AvgIpc) is 2.99. The van der Waals surface area contributed by atoms with Crippen molar-refractivity contribution < 1.29 is 32.0 Å². The van der Waals surface area contributed by atoms with Crippen LogP contribution in [0.25, 0.3) is 0 Å². The Bertz CT molecular complexity index is 754. The molecule has 0 spiro atoms. The van der Waals surface area contributed by atoms with Crippen LogP contribution in [0.3, 0.4) is 0 Å². The van der Waals surface area contributed by atoms with E-state index in [0.29, 0.717) is 12.8 Å². The van der Waals surface area contributed by atoms with Crippen molar-refractivity contribution in [3.05, 3.63) is 0 Å². The van der Waals surface area contributed by atoms with Gasteiger partial charge in [0.25, 0.3) is 10.1 Å². The van der Waals surface area contributed by atoms with E-state index in [-0.39, 0.29) is 13.2 Å². The molecule has 0 aliphatic carbocycles. The van der Waals surface area contributed by atoms with E-state index in [2.05, 4.69) is 13.8 Å². The molecule has 7 nitrogen and oxygen atoms in total. The van der Waals surface area contributed by atoms with E-state index in [0.717, 1.165) is 32.1 Å². The minimum Gasteiger partial charge on any atom is -0.466 e. The van der Waals surface area contributed by atoms with Gasteiger partial charge >= 0.3 is 11.9 Å². The van der Waals surface area contributed by atoms with Crippen molar-refractivity contribution in [1.82, 2.24) is 0 Å². The predicted octanol–water partition coefficient (Wildman–Crippen LogP) is 10.7. The van der Waals surface area contributed by atoms with Gasteiger partial charge in [0, 0.05) is 0 Å². The van der Waals surface area contributed by atoms with E-state index in [1.807, 2.05) is 0 Å². The SMILES string of the molecule is CCCCCCCCCCCCCCCCOC(=O)CC(C(=O)OCCCCCCCCCCCCCCCC)S(=O)(=O)O. The first-order chi connectivity index (χ1) is 21.3. The molecule has 0 heterocycles. The fraction of sp³-hybridized carbons (Fsp3) is 0.944. The van der Waals surface area contributed by atoms with Gasteiger partial charge in [0.1, 0.15) is 0 Å². The number of ether oxygens (including phenoxy) is 2. The zero-order valence-electron chi connectivity index (χ0n) is 28.8. The van der Waals surface area contributed by atoms with E-state index in [1.165, 1.54) is 135 Å². The van der Waals surface area contributed by atoms with Crippen LogP contribution in [-0.4, -0.2) is 43.4 Å². The van der Waals surface area contributed by atoms with Crippen molar-refractivity contribution >= 4 is 22.1 Å². The van der Waals surface area contributed by atoms with Crippen molar-refractivity contribution in [2.24, 2.45) is 0 Å². The van der Waals surface area contributed by atoms with Gasteiger partial charge in [-0.15, -0.1) is 0 Å². The molecule has 8 heteroatoms. The van der Waals surface area contributed by atoms with Crippen molar-refractivity contribution in [1.29, 1.82) is 0 Å². The molecule has 1 N–H and O–H groups in total. The molecule has 0 fully saturated rings. The van der Waals surface area contributed by atoms with E-state index in [4.69, 9.17) is 9.47 Å². The quantitative estimate of drug-likeness (QED) is 0.0421. The molecule has 1 atom stereocenters. The molecule has 0 saturated heterocycles. The summed E-state index contributed by atoms with van der Waals surface area (Å²) in [5, 5.41) is -1.93. The van der Waals surface area contributed by atoms with Gasteiger partial charge in [-0.1, -0.05) is 181 Å². The summed E-state index contributed by atoms with van der Waals surface area (Å²) in [6.45, 7) is 4.76. The van der Waals surface area contributed by atoms with Gasteiger partial charge in [-0.05, 0) is 12.8 Å². The highest BCUT2D eigenvalue weighted by atomic mass is 32.2. The molecule has 0 rings (SSSR count). The zero-order valence-corrected chi connectivity index (χ0v) is 29.6. The molecular formula is C36H70O7S. The monoisotopic (exact) mass is 646 g/mol. The normalized spacial score (nSPS) is 12.3. The van der Waals surface area contributed by atoms with Crippen LogP contribution in [0.2, 0.25) is 0 Å². The molecule has 0 saturated carbocycles. The van der Waals surface area contributed by atoms with Crippen molar-refractivity contribution in [3.8, 4) is 0 Å². The number of hydrogen-bond donors (Lipinski definition) is 1. The molecule has 0 amide bonds. The smallest absolute Gasteiger partial charge is 0.327 e. The molecule has 0 aromatic rings. The molecule has 0 aromatic carbocycles. The summed E-state index contributed by atoms with van der Waals surface area (Å²) in [4.78, 5) is 24.4. The number of hydrogen-bond acceptors (Lipinski definition) is 6. The summed E-state index contributed by atoms with van der Waals surface area (Å²) >= 11 is 0. The predicted molar refractivity (Wildman–Crippen MR) is 182 cm³/mol. The fourth-order valence-electron chi connectivity index (χ4n) is 5.57. The molecule has 0 radical (unpaired) electrons. The van der Waals surface area contributed by atoms with Gasteiger partial charge in [0.15, 0.2) is 5.25 Å². The largest absolute Gasteiger partial charge is 0.466 e. The summed E-state index contributed by atoms with van der Waals surface area (Å²) in [6, 6.07) is 0. The first-order valence-electron chi connectivity index (χ1n) is 18.6. The number of unbranched alkanes of at least 4 members (excludes halogenated alkanes) is 26. The minimum atomic E-state index is -4.77. The first kappa shape index (κ1) is 42.9. The maximum Gasteiger partial charge on any atom is 0.327 e. The van der Waals surface area contributed by atoms with Crippen molar-refractivity contribution in [3.63, 3.8) is 0 Å². The van der Waals surface area contributed by atoms with Crippen LogP contribution in [0.5, 0.6) is 0 Å². The third-order valence-electron chi connectivity index (χ3n) is 8.48. The highest BCUT2D eigenvalue weighted by Gasteiger charge is 2.35. The Balaban J connectivity index is 3.78. The van der Waals surface area contributed by atoms with Crippen molar-refractivity contribution in [2.45, 2.75) is 205 Å². The summed E-state index contributed by atoms with van der Waals surface area (Å²) in [5.74, 6) is -1.90. The number of esters is 2. The molecule has 0 bridgehead atoms.